The van der Waals surface area contributed by atoms with Crippen LogP contribution in [-0.4, -0.2) is 53.4 Å². The van der Waals surface area contributed by atoms with Gasteiger partial charge in [0, 0.05) is 59.6 Å². The maximum Gasteiger partial charge on any atom is 0.0845 e. The number of rotatable bonds is 5. The highest BCUT2D eigenvalue weighted by molar-refractivity contribution is 6.35. The van der Waals surface area contributed by atoms with Crippen LogP contribution < -0.4 is 4.90 Å². The number of piperazine rings is 1. The van der Waals surface area contributed by atoms with Gasteiger partial charge in [-0.15, -0.1) is 0 Å². The third kappa shape index (κ3) is 4.13. The molecule has 1 unspecified atom stereocenters. The van der Waals surface area contributed by atoms with Gasteiger partial charge in [-0.05, 0) is 30.3 Å². The summed E-state index contributed by atoms with van der Waals surface area (Å²) in [5.41, 5.74) is 3.32. The summed E-state index contributed by atoms with van der Waals surface area (Å²) in [6.07, 6.45) is -0.444. The third-order valence-electron chi connectivity index (χ3n) is 6.16. The fourth-order valence-corrected chi connectivity index (χ4v) is 5.07. The van der Waals surface area contributed by atoms with Crippen molar-refractivity contribution >= 4 is 50.7 Å². The summed E-state index contributed by atoms with van der Waals surface area (Å²) in [6, 6.07) is 22.4. The van der Waals surface area contributed by atoms with Gasteiger partial charge >= 0.3 is 0 Å². The van der Waals surface area contributed by atoms with E-state index in [0.717, 1.165) is 36.9 Å². The molecule has 1 N–H and O–H groups in total. The van der Waals surface area contributed by atoms with Gasteiger partial charge in [-0.3, -0.25) is 4.90 Å². The van der Waals surface area contributed by atoms with Crippen molar-refractivity contribution in [3.63, 3.8) is 0 Å². The molecule has 0 spiro atoms. The summed E-state index contributed by atoms with van der Waals surface area (Å²) in [4.78, 5) is 4.59. The van der Waals surface area contributed by atoms with E-state index in [1.54, 1.807) is 0 Å². The lowest BCUT2D eigenvalue weighted by Crippen LogP contribution is -2.49. The van der Waals surface area contributed by atoms with Crippen LogP contribution in [0.5, 0.6) is 0 Å². The van der Waals surface area contributed by atoms with Crippen molar-refractivity contribution in [1.82, 2.24) is 9.47 Å². The molecule has 160 valence electrons. The molecule has 2 heterocycles. The molecule has 1 atom stereocenters. The zero-order valence-electron chi connectivity index (χ0n) is 17.2. The fraction of sp³-hybridized carbons (Fsp3) is 0.280. The van der Waals surface area contributed by atoms with E-state index in [1.807, 2.05) is 18.2 Å². The zero-order valence-corrected chi connectivity index (χ0v) is 18.7. The molecule has 4 nitrogen and oxygen atoms in total. The molecule has 1 aromatic heterocycles. The minimum Gasteiger partial charge on any atom is -0.390 e. The van der Waals surface area contributed by atoms with Crippen LogP contribution in [0, 0.1) is 0 Å². The number of nitrogens with zero attached hydrogens (tertiary/aromatic N) is 3. The average molecular weight is 454 g/mol. The maximum absolute atomic E-state index is 10.9. The lowest BCUT2D eigenvalue weighted by molar-refractivity contribution is 0.0969. The van der Waals surface area contributed by atoms with Gasteiger partial charge in [0.2, 0.25) is 0 Å². The predicted molar refractivity (Wildman–Crippen MR) is 131 cm³/mol. The Balaban J connectivity index is 1.27. The van der Waals surface area contributed by atoms with E-state index >= 15 is 0 Å². The monoisotopic (exact) mass is 453 g/mol. The Morgan fingerprint density at radius 2 is 1.39 bits per heavy atom. The topological polar surface area (TPSA) is 31.6 Å². The Hall–Kier alpha value is -2.24. The highest BCUT2D eigenvalue weighted by Gasteiger charge is 2.22. The van der Waals surface area contributed by atoms with E-state index in [4.69, 9.17) is 23.2 Å². The largest absolute Gasteiger partial charge is 0.390 e. The van der Waals surface area contributed by atoms with E-state index in [2.05, 4.69) is 62.9 Å². The molecule has 0 amide bonds. The summed E-state index contributed by atoms with van der Waals surface area (Å²) in [5.74, 6) is 0. The van der Waals surface area contributed by atoms with Crippen molar-refractivity contribution in [2.75, 3.05) is 37.6 Å². The molecule has 1 saturated heterocycles. The van der Waals surface area contributed by atoms with Crippen LogP contribution in [0.2, 0.25) is 10.0 Å². The fourth-order valence-electron chi connectivity index (χ4n) is 4.67. The van der Waals surface area contributed by atoms with Gasteiger partial charge in [-0.25, -0.2) is 0 Å². The van der Waals surface area contributed by atoms with Gasteiger partial charge < -0.3 is 14.6 Å². The maximum atomic E-state index is 10.9. The Kier molecular flexibility index (Phi) is 5.81. The Morgan fingerprint density at radius 1 is 0.774 bits per heavy atom. The molecule has 3 aromatic carbocycles. The first-order valence-corrected chi connectivity index (χ1v) is 11.4. The van der Waals surface area contributed by atoms with Crippen LogP contribution in [0.4, 0.5) is 5.69 Å². The van der Waals surface area contributed by atoms with Crippen molar-refractivity contribution in [3.8, 4) is 0 Å². The quantitative estimate of drug-likeness (QED) is 0.445. The molecule has 0 bridgehead atoms. The van der Waals surface area contributed by atoms with E-state index in [9.17, 15) is 5.11 Å². The molecule has 4 aromatic rings. The highest BCUT2D eigenvalue weighted by Crippen LogP contribution is 2.30. The molecule has 1 aliphatic heterocycles. The number of aliphatic hydroxyl groups excluding tert-OH is 1. The summed E-state index contributed by atoms with van der Waals surface area (Å²) >= 11 is 12.5. The molecule has 0 aliphatic carbocycles. The molecule has 1 aliphatic rings. The first-order chi connectivity index (χ1) is 15.1. The normalized spacial score (nSPS) is 16.3. The van der Waals surface area contributed by atoms with Gasteiger partial charge in [0.15, 0.2) is 0 Å². The van der Waals surface area contributed by atoms with E-state index in [-0.39, 0.29) is 0 Å². The molecule has 0 radical (unpaired) electrons. The number of hydrogen-bond donors (Lipinski definition) is 1. The number of halogens is 2. The molecule has 31 heavy (non-hydrogen) atoms. The van der Waals surface area contributed by atoms with Crippen LogP contribution in [0.15, 0.2) is 66.7 Å². The number of benzene rings is 3. The van der Waals surface area contributed by atoms with Crippen LogP contribution >= 0.6 is 23.2 Å². The number of β-amino-alcohol motifs (C(OH)–C–C–N with tert-alkyl or cyclic N) is 1. The van der Waals surface area contributed by atoms with Crippen molar-refractivity contribution in [2.45, 2.75) is 12.6 Å². The second kappa shape index (κ2) is 8.71. The minimum absolute atomic E-state index is 0.444. The highest BCUT2D eigenvalue weighted by atomic mass is 35.5. The molecule has 5 rings (SSSR count). The Morgan fingerprint density at radius 3 is 2.03 bits per heavy atom. The van der Waals surface area contributed by atoms with Gasteiger partial charge in [-0.1, -0.05) is 59.6 Å². The van der Waals surface area contributed by atoms with E-state index < -0.39 is 6.10 Å². The van der Waals surface area contributed by atoms with Gasteiger partial charge in [0.25, 0.3) is 0 Å². The first kappa shape index (κ1) is 20.7. The lowest BCUT2D eigenvalue weighted by atomic mass is 10.2. The second-order valence-corrected chi connectivity index (χ2v) is 9.03. The number of aromatic nitrogens is 1. The Bertz CT molecular complexity index is 1160. The van der Waals surface area contributed by atoms with E-state index in [0.29, 0.717) is 18.1 Å². The summed E-state index contributed by atoms with van der Waals surface area (Å²) < 4.78 is 2.25. The molecular weight excluding hydrogens is 429 g/mol. The van der Waals surface area contributed by atoms with Crippen LogP contribution in [0.3, 0.4) is 0 Å². The van der Waals surface area contributed by atoms with E-state index in [1.165, 1.54) is 21.8 Å². The van der Waals surface area contributed by atoms with Gasteiger partial charge in [-0.2, -0.15) is 0 Å². The van der Waals surface area contributed by atoms with Crippen molar-refractivity contribution < 1.29 is 5.11 Å². The smallest absolute Gasteiger partial charge is 0.0845 e. The number of anilines is 1. The number of hydrogen-bond acceptors (Lipinski definition) is 3. The van der Waals surface area contributed by atoms with Crippen molar-refractivity contribution in [2.24, 2.45) is 0 Å². The molecular formula is C25H25Cl2N3O. The third-order valence-corrected chi connectivity index (χ3v) is 6.72. The lowest BCUT2D eigenvalue weighted by Gasteiger charge is -2.37. The predicted octanol–water partition coefficient (Wildman–Crippen LogP) is 5.28. The minimum atomic E-state index is -0.444. The molecule has 1 fully saturated rings. The van der Waals surface area contributed by atoms with Crippen molar-refractivity contribution in [3.05, 3.63) is 76.8 Å². The van der Waals surface area contributed by atoms with Crippen molar-refractivity contribution in [1.29, 1.82) is 0 Å². The standard InChI is InChI=1S/C25H25Cl2N3O/c26-18-9-10-22(27)25(15-18)29-13-11-28(12-14-29)16-19(31)17-30-23-7-3-1-5-20(23)21-6-2-4-8-24(21)30/h1-10,15,19,31H,11-14,16-17H2. The van der Waals surface area contributed by atoms with Crippen LogP contribution in [0.25, 0.3) is 21.8 Å². The molecule has 0 saturated carbocycles. The van der Waals surface area contributed by atoms with Crippen LogP contribution in [0.1, 0.15) is 0 Å². The zero-order chi connectivity index (χ0) is 21.4. The number of para-hydroxylation sites is 2. The Labute approximate surface area is 192 Å². The van der Waals surface area contributed by atoms with Gasteiger partial charge in [0.1, 0.15) is 0 Å². The first-order valence-electron chi connectivity index (χ1n) is 10.7. The average Bonchev–Trinajstić information content (AvgIpc) is 3.10. The number of aliphatic hydroxyl groups is 1. The second-order valence-electron chi connectivity index (χ2n) is 8.18. The van der Waals surface area contributed by atoms with Crippen LogP contribution in [-0.2, 0) is 6.54 Å². The number of fused-ring (bicyclic) bond motifs is 3. The molecule has 6 heteroatoms. The SMILES string of the molecule is OC(CN1CCN(c2cc(Cl)ccc2Cl)CC1)Cn1c2ccccc2c2ccccc21. The summed E-state index contributed by atoms with van der Waals surface area (Å²) in [7, 11) is 0. The summed E-state index contributed by atoms with van der Waals surface area (Å²) in [5, 5.41) is 14.8. The summed E-state index contributed by atoms with van der Waals surface area (Å²) in [6.45, 7) is 4.72. The van der Waals surface area contributed by atoms with Gasteiger partial charge in [0.05, 0.1) is 23.4 Å².